The smallest absolute Gasteiger partial charge is 0.00650 e. The van der Waals surface area contributed by atoms with Crippen molar-refractivity contribution >= 4 is 0 Å². The van der Waals surface area contributed by atoms with Gasteiger partial charge in [0, 0.05) is 0 Å². The van der Waals surface area contributed by atoms with E-state index in [1.807, 2.05) is 0 Å². The molecular formula is C24H28. The molecule has 0 heterocycles. The van der Waals surface area contributed by atoms with Crippen LogP contribution in [0.15, 0.2) is 59.8 Å². The molecule has 24 heavy (non-hydrogen) atoms. The lowest BCUT2D eigenvalue weighted by Gasteiger charge is -2.46. The van der Waals surface area contributed by atoms with Crippen molar-refractivity contribution in [2.45, 2.75) is 38.5 Å². The fourth-order valence-electron chi connectivity index (χ4n) is 7.63. The number of hydrogen-bond donors (Lipinski definition) is 0. The van der Waals surface area contributed by atoms with Gasteiger partial charge in [0.05, 0.1) is 0 Å². The quantitative estimate of drug-likeness (QED) is 0.568. The van der Waals surface area contributed by atoms with Crippen molar-refractivity contribution in [3.8, 4) is 0 Å². The van der Waals surface area contributed by atoms with Crippen LogP contribution in [0.2, 0.25) is 0 Å². The van der Waals surface area contributed by atoms with Gasteiger partial charge in [-0.05, 0) is 91.4 Å². The van der Waals surface area contributed by atoms with Crippen molar-refractivity contribution in [3.63, 3.8) is 0 Å². The van der Waals surface area contributed by atoms with Crippen molar-refractivity contribution in [2.24, 2.45) is 47.3 Å². The summed E-state index contributed by atoms with van der Waals surface area (Å²) in [6.07, 6.45) is 28.4. The van der Waals surface area contributed by atoms with E-state index in [1.165, 1.54) is 38.5 Å². The van der Waals surface area contributed by atoms with E-state index in [-0.39, 0.29) is 0 Å². The van der Waals surface area contributed by atoms with Crippen LogP contribution in [0.4, 0.5) is 0 Å². The topological polar surface area (TPSA) is 0 Å². The second-order valence-electron chi connectivity index (χ2n) is 9.18. The Kier molecular flexibility index (Phi) is 2.96. The van der Waals surface area contributed by atoms with Gasteiger partial charge in [-0.1, -0.05) is 54.2 Å². The highest BCUT2D eigenvalue weighted by atomic mass is 14.6. The van der Waals surface area contributed by atoms with Crippen molar-refractivity contribution in [2.75, 3.05) is 0 Å². The first kappa shape index (κ1) is 13.9. The molecule has 8 atom stereocenters. The Bertz CT molecular complexity index is 700. The van der Waals surface area contributed by atoms with Gasteiger partial charge in [0.2, 0.25) is 0 Å². The molecule has 8 unspecified atom stereocenters. The highest BCUT2D eigenvalue weighted by molar-refractivity contribution is 5.38. The molecule has 0 amide bonds. The van der Waals surface area contributed by atoms with E-state index in [0.29, 0.717) is 0 Å². The molecule has 0 aromatic heterocycles. The summed E-state index contributed by atoms with van der Waals surface area (Å²) in [5.41, 5.74) is 3.44. The van der Waals surface area contributed by atoms with Gasteiger partial charge in [0.25, 0.3) is 0 Å². The van der Waals surface area contributed by atoms with Crippen LogP contribution >= 0.6 is 0 Å². The van der Waals surface area contributed by atoms with Crippen LogP contribution in [-0.4, -0.2) is 0 Å². The molecular weight excluding hydrogens is 288 g/mol. The summed E-state index contributed by atoms with van der Waals surface area (Å²) in [6, 6.07) is 0. The van der Waals surface area contributed by atoms with Gasteiger partial charge in [0.1, 0.15) is 0 Å². The van der Waals surface area contributed by atoms with Gasteiger partial charge in [-0.25, -0.2) is 0 Å². The summed E-state index contributed by atoms with van der Waals surface area (Å²) in [5.74, 6) is 7.19. The van der Waals surface area contributed by atoms with Crippen LogP contribution in [0.25, 0.3) is 0 Å². The molecule has 0 heteroatoms. The van der Waals surface area contributed by atoms with E-state index >= 15 is 0 Å². The second kappa shape index (κ2) is 5.10. The normalized spacial score (nSPS) is 50.3. The molecule has 124 valence electrons. The molecule has 0 N–H and O–H groups in total. The lowest BCUT2D eigenvalue weighted by molar-refractivity contribution is 0.118. The number of rotatable bonds is 1. The van der Waals surface area contributed by atoms with Crippen molar-refractivity contribution in [1.29, 1.82) is 0 Å². The molecule has 0 radical (unpaired) electrons. The Morgan fingerprint density at radius 1 is 0.667 bits per heavy atom. The molecule has 0 aromatic rings. The van der Waals surface area contributed by atoms with Gasteiger partial charge in [-0.15, -0.1) is 0 Å². The summed E-state index contributed by atoms with van der Waals surface area (Å²) >= 11 is 0. The summed E-state index contributed by atoms with van der Waals surface area (Å²) in [7, 11) is 0. The van der Waals surface area contributed by atoms with E-state index in [2.05, 4.69) is 48.6 Å². The zero-order chi connectivity index (χ0) is 15.7. The maximum atomic E-state index is 2.65. The van der Waals surface area contributed by atoms with Crippen molar-refractivity contribution < 1.29 is 0 Å². The standard InChI is InChI=1S/C24H28/c1-3-15-7-11-19(21-13-9-17(5-1)23(15)21)20-12-8-16-4-2-6-18-10-14-22(20)24(16)18/h1-7,11,17-24H,8-10,12-14H2. The van der Waals surface area contributed by atoms with Crippen LogP contribution in [0.5, 0.6) is 0 Å². The zero-order valence-electron chi connectivity index (χ0n) is 14.5. The molecule has 3 saturated carbocycles. The third kappa shape index (κ3) is 1.81. The highest BCUT2D eigenvalue weighted by Gasteiger charge is 2.51. The van der Waals surface area contributed by atoms with E-state index in [0.717, 1.165) is 47.3 Å². The fourth-order valence-corrected chi connectivity index (χ4v) is 7.63. The molecule has 6 rings (SSSR count). The largest absolute Gasteiger partial charge is 0.0808 e. The Morgan fingerprint density at radius 3 is 2.38 bits per heavy atom. The Labute approximate surface area is 146 Å². The maximum absolute atomic E-state index is 2.65. The van der Waals surface area contributed by atoms with Crippen molar-refractivity contribution in [1.82, 2.24) is 0 Å². The van der Waals surface area contributed by atoms with E-state index < -0.39 is 0 Å². The average molecular weight is 316 g/mol. The predicted octanol–water partition coefficient (Wildman–Crippen LogP) is 5.86. The minimum atomic E-state index is 0.843. The minimum Gasteiger partial charge on any atom is -0.0808 e. The molecule has 0 nitrogen and oxygen atoms in total. The Morgan fingerprint density at radius 2 is 1.46 bits per heavy atom. The predicted molar refractivity (Wildman–Crippen MR) is 99.2 cm³/mol. The molecule has 0 aromatic carbocycles. The minimum absolute atomic E-state index is 0.843. The van der Waals surface area contributed by atoms with E-state index in [4.69, 9.17) is 0 Å². The third-order valence-electron chi connectivity index (χ3n) is 8.46. The van der Waals surface area contributed by atoms with Gasteiger partial charge >= 0.3 is 0 Å². The second-order valence-corrected chi connectivity index (χ2v) is 9.18. The molecule has 0 saturated heterocycles. The Balaban J connectivity index is 1.35. The lowest BCUT2D eigenvalue weighted by Crippen LogP contribution is -2.39. The van der Waals surface area contributed by atoms with Crippen LogP contribution < -0.4 is 0 Å². The summed E-state index contributed by atoms with van der Waals surface area (Å²) in [4.78, 5) is 0. The molecule has 6 aliphatic rings. The van der Waals surface area contributed by atoms with Crippen molar-refractivity contribution in [3.05, 3.63) is 59.8 Å². The van der Waals surface area contributed by atoms with Gasteiger partial charge in [0.15, 0.2) is 0 Å². The number of allylic oxidation sites excluding steroid dienone is 10. The fraction of sp³-hybridized carbons (Fsp3) is 0.583. The molecule has 0 aliphatic heterocycles. The average Bonchev–Trinajstić information content (AvgIpc) is 3.24. The summed E-state index contributed by atoms with van der Waals surface area (Å²) in [5, 5.41) is 0. The first-order valence-electron chi connectivity index (χ1n) is 10.3. The van der Waals surface area contributed by atoms with Crippen LogP contribution in [0, 0.1) is 47.3 Å². The molecule has 0 spiro atoms. The summed E-state index contributed by atoms with van der Waals surface area (Å²) < 4.78 is 0. The zero-order valence-corrected chi connectivity index (χ0v) is 14.5. The van der Waals surface area contributed by atoms with Gasteiger partial charge < -0.3 is 0 Å². The van der Waals surface area contributed by atoms with Crippen LogP contribution in [0.3, 0.4) is 0 Å². The molecule has 3 fully saturated rings. The Hall–Kier alpha value is -1.30. The molecule has 6 aliphatic carbocycles. The first-order chi connectivity index (χ1) is 11.9. The SMILES string of the molecule is C1=CC2CCC3C(C4CCC5=CC=CC6CCC4C56)C=CC(=C1)C23. The van der Waals surface area contributed by atoms with E-state index in [9.17, 15) is 0 Å². The van der Waals surface area contributed by atoms with Crippen LogP contribution in [0.1, 0.15) is 38.5 Å². The van der Waals surface area contributed by atoms with Gasteiger partial charge in [-0.2, -0.15) is 0 Å². The number of hydrogen-bond acceptors (Lipinski definition) is 0. The third-order valence-corrected chi connectivity index (χ3v) is 8.46. The maximum Gasteiger partial charge on any atom is -0.00650 e. The first-order valence-corrected chi connectivity index (χ1v) is 10.3. The van der Waals surface area contributed by atoms with E-state index in [1.54, 1.807) is 11.1 Å². The monoisotopic (exact) mass is 316 g/mol. The van der Waals surface area contributed by atoms with Crippen LogP contribution in [-0.2, 0) is 0 Å². The molecule has 0 bridgehead atoms. The van der Waals surface area contributed by atoms with Gasteiger partial charge in [-0.3, -0.25) is 0 Å². The summed E-state index contributed by atoms with van der Waals surface area (Å²) in [6.45, 7) is 0. The highest BCUT2D eigenvalue weighted by Crippen LogP contribution is 2.59. The lowest BCUT2D eigenvalue weighted by atomic mass is 9.58.